The maximum absolute atomic E-state index is 10.7. The number of ether oxygens (including phenoxy) is 2. The lowest BCUT2D eigenvalue weighted by molar-refractivity contribution is -0.142. The van der Waals surface area contributed by atoms with Crippen LogP contribution >= 0.6 is 27.5 Å². The van der Waals surface area contributed by atoms with Crippen molar-refractivity contribution < 1.29 is 19.4 Å². The largest absolute Gasteiger partial charge is 0.491 e. The molecule has 1 aromatic carbocycles. The van der Waals surface area contributed by atoms with Crippen LogP contribution in [0.15, 0.2) is 22.7 Å². The van der Waals surface area contributed by atoms with Crippen molar-refractivity contribution >= 4 is 33.5 Å². The Bertz CT molecular complexity index is 500. The molecule has 0 radical (unpaired) electrons. The number of carboxylic acids is 1. The van der Waals surface area contributed by atoms with Crippen molar-refractivity contribution in [1.29, 1.82) is 0 Å². The first-order valence-electron chi connectivity index (χ1n) is 6.68. The number of hydrogen-bond donors (Lipinski definition) is 1. The van der Waals surface area contributed by atoms with Crippen molar-refractivity contribution in [3.05, 3.63) is 27.7 Å². The molecule has 1 heterocycles. The van der Waals surface area contributed by atoms with Gasteiger partial charge in [0.2, 0.25) is 0 Å². The Kier molecular flexibility index (Phi) is 6.29. The molecule has 0 saturated carbocycles. The quantitative estimate of drug-likeness (QED) is 0.825. The van der Waals surface area contributed by atoms with E-state index in [1.54, 1.807) is 12.1 Å². The zero-order valence-corrected chi connectivity index (χ0v) is 13.8. The highest BCUT2D eigenvalue weighted by Gasteiger charge is 2.22. The Morgan fingerprint density at radius 1 is 1.57 bits per heavy atom. The molecule has 1 atom stereocenters. The van der Waals surface area contributed by atoms with Crippen molar-refractivity contribution in [2.24, 2.45) is 0 Å². The molecule has 5 nitrogen and oxygen atoms in total. The first kappa shape index (κ1) is 16.5. The van der Waals surface area contributed by atoms with Gasteiger partial charge in [0.05, 0.1) is 23.6 Å². The molecule has 1 fully saturated rings. The number of nitrogens with zero attached hydrogens (tertiary/aromatic N) is 1. The van der Waals surface area contributed by atoms with Gasteiger partial charge in [-0.3, -0.25) is 9.69 Å². The second kappa shape index (κ2) is 7.98. The second-order valence-electron chi connectivity index (χ2n) is 4.81. The van der Waals surface area contributed by atoms with Gasteiger partial charge in [0.1, 0.15) is 12.4 Å². The Morgan fingerprint density at radius 3 is 3.10 bits per heavy atom. The predicted molar refractivity (Wildman–Crippen MR) is 83.1 cm³/mol. The molecule has 0 bridgehead atoms. The summed E-state index contributed by atoms with van der Waals surface area (Å²) >= 11 is 9.28. The molecule has 116 valence electrons. The molecule has 1 N–H and O–H groups in total. The Labute approximate surface area is 136 Å². The highest BCUT2D eigenvalue weighted by molar-refractivity contribution is 9.10. The molecule has 0 aliphatic carbocycles. The van der Waals surface area contributed by atoms with E-state index in [9.17, 15) is 4.79 Å². The molecule has 21 heavy (non-hydrogen) atoms. The van der Waals surface area contributed by atoms with Gasteiger partial charge in [-0.1, -0.05) is 11.6 Å². The van der Waals surface area contributed by atoms with Crippen LogP contribution in [-0.4, -0.2) is 54.9 Å². The predicted octanol–water partition coefficient (Wildman–Crippen LogP) is 2.66. The molecule has 2 rings (SSSR count). The Balaban J connectivity index is 1.76. The van der Waals surface area contributed by atoms with Gasteiger partial charge in [-0.2, -0.15) is 0 Å². The Morgan fingerprint density at radius 2 is 2.38 bits per heavy atom. The normalized spacial score (nSPS) is 19.4. The lowest BCUT2D eigenvalue weighted by Crippen LogP contribution is -2.44. The third-order valence-electron chi connectivity index (χ3n) is 3.18. The van der Waals surface area contributed by atoms with Crippen LogP contribution in [0.25, 0.3) is 0 Å². The minimum atomic E-state index is -0.830. The smallest absolute Gasteiger partial charge is 0.306 e. The van der Waals surface area contributed by atoms with Crippen molar-refractivity contribution in [3.63, 3.8) is 0 Å². The van der Waals surface area contributed by atoms with Crippen LogP contribution in [0.1, 0.15) is 6.42 Å². The number of hydrogen-bond acceptors (Lipinski definition) is 4. The van der Waals surface area contributed by atoms with Crippen LogP contribution in [0.5, 0.6) is 5.75 Å². The van der Waals surface area contributed by atoms with Crippen molar-refractivity contribution in [1.82, 2.24) is 4.90 Å². The molecule has 1 aliphatic rings. The van der Waals surface area contributed by atoms with Crippen LogP contribution in [0.3, 0.4) is 0 Å². The van der Waals surface area contributed by atoms with Gasteiger partial charge in [0.25, 0.3) is 0 Å². The molecule has 1 aliphatic heterocycles. The second-order valence-corrected chi connectivity index (χ2v) is 6.11. The molecule has 1 unspecified atom stereocenters. The summed E-state index contributed by atoms with van der Waals surface area (Å²) in [4.78, 5) is 12.9. The monoisotopic (exact) mass is 377 g/mol. The number of benzene rings is 1. The molecule has 1 aromatic rings. The first-order chi connectivity index (χ1) is 10.0. The molecule has 1 saturated heterocycles. The average Bonchev–Trinajstić information content (AvgIpc) is 2.41. The molecule has 0 spiro atoms. The summed E-state index contributed by atoms with van der Waals surface area (Å²) in [7, 11) is 0. The number of carboxylic acid groups (broad SMARTS) is 1. The van der Waals surface area contributed by atoms with E-state index in [0.29, 0.717) is 24.8 Å². The molecule has 0 aromatic heterocycles. The SMILES string of the molecule is O=C(O)CC1CN(CCOc2ccc(Cl)cc2Br)CCO1. The van der Waals surface area contributed by atoms with Gasteiger partial charge in [0.15, 0.2) is 0 Å². The lowest BCUT2D eigenvalue weighted by atomic mass is 10.2. The van der Waals surface area contributed by atoms with Crippen LogP contribution in [-0.2, 0) is 9.53 Å². The number of aliphatic carboxylic acids is 1. The molecular formula is C14H17BrClNO4. The fourth-order valence-electron chi connectivity index (χ4n) is 2.18. The highest BCUT2D eigenvalue weighted by atomic mass is 79.9. The van der Waals surface area contributed by atoms with Crippen LogP contribution in [0.2, 0.25) is 5.02 Å². The van der Waals surface area contributed by atoms with E-state index in [-0.39, 0.29) is 12.5 Å². The lowest BCUT2D eigenvalue weighted by Gasteiger charge is -2.32. The summed E-state index contributed by atoms with van der Waals surface area (Å²) in [5.41, 5.74) is 0. The van der Waals surface area contributed by atoms with E-state index in [2.05, 4.69) is 20.8 Å². The number of morpholine rings is 1. The highest BCUT2D eigenvalue weighted by Crippen LogP contribution is 2.27. The van der Waals surface area contributed by atoms with Crippen LogP contribution in [0, 0.1) is 0 Å². The minimum Gasteiger partial charge on any atom is -0.491 e. The zero-order chi connectivity index (χ0) is 15.2. The van der Waals surface area contributed by atoms with E-state index in [4.69, 9.17) is 26.2 Å². The van der Waals surface area contributed by atoms with E-state index in [1.807, 2.05) is 6.07 Å². The number of carbonyl (C=O) groups is 1. The van der Waals surface area contributed by atoms with E-state index < -0.39 is 5.97 Å². The van der Waals surface area contributed by atoms with E-state index in [1.165, 1.54) is 0 Å². The van der Waals surface area contributed by atoms with E-state index >= 15 is 0 Å². The van der Waals surface area contributed by atoms with Crippen LogP contribution in [0.4, 0.5) is 0 Å². The average molecular weight is 379 g/mol. The Hall–Kier alpha value is -0.820. The summed E-state index contributed by atoms with van der Waals surface area (Å²) in [6.07, 6.45) is -0.196. The van der Waals surface area contributed by atoms with E-state index in [0.717, 1.165) is 23.3 Å². The summed E-state index contributed by atoms with van der Waals surface area (Å²) in [6.45, 7) is 3.23. The maximum Gasteiger partial charge on any atom is 0.306 e. The topological polar surface area (TPSA) is 59.0 Å². The summed E-state index contributed by atoms with van der Waals surface area (Å²) in [5.74, 6) is -0.0852. The van der Waals surface area contributed by atoms with Gasteiger partial charge < -0.3 is 14.6 Å². The number of halogens is 2. The van der Waals surface area contributed by atoms with Gasteiger partial charge in [-0.25, -0.2) is 0 Å². The summed E-state index contributed by atoms with van der Waals surface area (Å²) < 4.78 is 12.0. The minimum absolute atomic E-state index is 0.0418. The molecule has 0 amide bonds. The van der Waals surface area contributed by atoms with Gasteiger partial charge in [-0.05, 0) is 34.1 Å². The zero-order valence-electron chi connectivity index (χ0n) is 11.4. The standard InChI is InChI=1S/C14H17BrClNO4/c15-12-7-10(16)1-2-13(12)21-6-4-17-3-5-20-11(9-17)8-14(18)19/h1-2,7,11H,3-6,8-9H2,(H,18,19). The fourth-order valence-corrected chi connectivity index (χ4v) is 2.98. The van der Waals surface area contributed by atoms with Gasteiger partial charge in [0, 0.05) is 24.7 Å². The maximum atomic E-state index is 10.7. The fraction of sp³-hybridized carbons (Fsp3) is 0.500. The molecular weight excluding hydrogens is 362 g/mol. The first-order valence-corrected chi connectivity index (χ1v) is 7.85. The summed E-state index contributed by atoms with van der Waals surface area (Å²) in [5, 5.41) is 9.44. The van der Waals surface area contributed by atoms with Gasteiger partial charge in [-0.15, -0.1) is 0 Å². The third kappa shape index (κ3) is 5.47. The summed E-state index contributed by atoms with van der Waals surface area (Å²) in [6, 6.07) is 5.38. The van der Waals surface area contributed by atoms with Crippen molar-refractivity contribution in [2.75, 3.05) is 32.8 Å². The van der Waals surface area contributed by atoms with Crippen molar-refractivity contribution in [3.8, 4) is 5.75 Å². The number of rotatable bonds is 6. The van der Waals surface area contributed by atoms with Crippen molar-refractivity contribution in [2.45, 2.75) is 12.5 Å². The van der Waals surface area contributed by atoms with Gasteiger partial charge >= 0.3 is 5.97 Å². The molecule has 7 heteroatoms. The van der Waals surface area contributed by atoms with Crippen LogP contribution < -0.4 is 4.74 Å². The third-order valence-corrected chi connectivity index (χ3v) is 4.04.